The van der Waals surface area contributed by atoms with E-state index in [9.17, 15) is 9.18 Å². The van der Waals surface area contributed by atoms with Crippen LogP contribution in [0.1, 0.15) is 31.4 Å². The van der Waals surface area contributed by atoms with Gasteiger partial charge in [0.2, 0.25) is 0 Å². The van der Waals surface area contributed by atoms with Gasteiger partial charge in [-0.05, 0) is 24.1 Å². The summed E-state index contributed by atoms with van der Waals surface area (Å²) in [6, 6.07) is 5.83. The summed E-state index contributed by atoms with van der Waals surface area (Å²) in [5, 5.41) is 0. The Hall–Kier alpha value is -1.22. The molecule has 1 unspecified atom stereocenters. The van der Waals surface area contributed by atoms with Crippen LogP contribution in [0.5, 0.6) is 0 Å². The third kappa shape index (κ3) is 3.13. The second-order valence-corrected chi connectivity index (χ2v) is 3.38. The number of hydrogen-bond donors (Lipinski definition) is 0. The van der Waals surface area contributed by atoms with Gasteiger partial charge in [0.05, 0.1) is 0 Å². The standard InChI is InChI=1S/C12H15FO2/c1-3-4-11(14)12(15-2)9-5-7-10(13)8-6-9/h5-8,12H,3-4H2,1-2H3. The zero-order chi connectivity index (χ0) is 11.3. The number of hydrogen-bond acceptors (Lipinski definition) is 2. The highest BCUT2D eigenvalue weighted by Gasteiger charge is 2.18. The number of halogens is 1. The predicted molar refractivity (Wildman–Crippen MR) is 56.1 cm³/mol. The van der Waals surface area contributed by atoms with Gasteiger partial charge in [-0.3, -0.25) is 4.79 Å². The van der Waals surface area contributed by atoms with Crippen molar-refractivity contribution in [3.63, 3.8) is 0 Å². The molecule has 3 heteroatoms. The molecule has 0 radical (unpaired) electrons. The molecule has 0 aromatic heterocycles. The van der Waals surface area contributed by atoms with Gasteiger partial charge in [0, 0.05) is 13.5 Å². The Kier molecular flexibility index (Phi) is 4.43. The van der Waals surface area contributed by atoms with E-state index in [1.807, 2.05) is 6.92 Å². The van der Waals surface area contributed by atoms with Gasteiger partial charge in [0.25, 0.3) is 0 Å². The van der Waals surface area contributed by atoms with Crippen LogP contribution in [-0.4, -0.2) is 12.9 Å². The van der Waals surface area contributed by atoms with Crippen molar-refractivity contribution in [3.8, 4) is 0 Å². The first-order valence-electron chi connectivity index (χ1n) is 5.00. The van der Waals surface area contributed by atoms with Crippen LogP contribution in [-0.2, 0) is 9.53 Å². The van der Waals surface area contributed by atoms with Crippen LogP contribution in [0.2, 0.25) is 0 Å². The molecular formula is C12H15FO2. The van der Waals surface area contributed by atoms with Crippen molar-refractivity contribution in [2.75, 3.05) is 7.11 Å². The van der Waals surface area contributed by atoms with Gasteiger partial charge in [-0.15, -0.1) is 0 Å². The van der Waals surface area contributed by atoms with Crippen LogP contribution in [0.25, 0.3) is 0 Å². The minimum Gasteiger partial charge on any atom is -0.369 e. The molecule has 0 amide bonds. The molecule has 2 nitrogen and oxygen atoms in total. The topological polar surface area (TPSA) is 26.3 Å². The van der Waals surface area contributed by atoms with Crippen LogP contribution in [0.15, 0.2) is 24.3 Å². The van der Waals surface area contributed by atoms with Gasteiger partial charge in [-0.25, -0.2) is 4.39 Å². The number of rotatable bonds is 5. The molecule has 0 saturated heterocycles. The van der Waals surface area contributed by atoms with E-state index in [2.05, 4.69) is 0 Å². The molecule has 1 atom stereocenters. The van der Waals surface area contributed by atoms with Gasteiger partial charge < -0.3 is 4.74 Å². The molecule has 1 aromatic rings. The Balaban J connectivity index is 2.82. The van der Waals surface area contributed by atoms with Crippen molar-refractivity contribution < 1.29 is 13.9 Å². The summed E-state index contributed by atoms with van der Waals surface area (Å²) >= 11 is 0. The maximum Gasteiger partial charge on any atom is 0.166 e. The van der Waals surface area contributed by atoms with E-state index < -0.39 is 6.10 Å². The first-order chi connectivity index (χ1) is 7.19. The quantitative estimate of drug-likeness (QED) is 0.747. The third-order valence-corrected chi connectivity index (χ3v) is 2.20. The van der Waals surface area contributed by atoms with E-state index in [1.165, 1.54) is 19.2 Å². The Morgan fingerprint density at radius 3 is 2.47 bits per heavy atom. The Morgan fingerprint density at radius 1 is 1.40 bits per heavy atom. The van der Waals surface area contributed by atoms with Gasteiger partial charge in [0.15, 0.2) is 5.78 Å². The number of Topliss-reactive ketones (excluding diaryl/α,β-unsaturated/α-hetero) is 1. The highest BCUT2D eigenvalue weighted by Crippen LogP contribution is 2.19. The fourth-order valence-corrected chi connectivity index (χ4v) is 1.47. The summed E-state index contributed by atoms with van der Waals surface area (Å²) in [6.07, 6.45) is 0.709. The van der Waals surface area contributed by atoms with E-state index in [4.69, 9.17) is 4.74 Å². The number of ether oxygens (including phenoxy) is 1. The lowest BCUT2D eigenvalue weighted by Crippen LogP contribution is -2.14. The number of carbonyl (C=O) groups is 1. The average Bonchev–Trinajstić information content (AvgIpc) is 2.22. The second-order valence-electron chi connectivity index (χ2n) is 3.38. The van der Waals surface area contributed by atoms with Crippen molar-refractivity contribution >= 4 is 5.78 Å². The Labute approximate surface area is 89.1 Å². The molecule has 0 saturated carbocycles. The molecule has 0 fully saturated rings. The smallest absolute Gasteiger partial charge is 0.166 e. The highest BCUT2D eigenvalue weighted by atomic mass is 19.1. The van der Waals surface area contributed by atoms with Gasteiger partial charge >= 0.3 is 0 Å². The van der Waals surface area contributed by atoms with E-state index in [-0.39, 0.29) is 11.6 Å². The predicted octanol–water partition coefficient (Wildman–Crippen LogP) is 2.88. The fourth-order valence-electron chi connectivity index (χ4n) is 1.47. The Bertz CT molecular complexity index is 319. The fraction of sp³-hybridized carbons (Fsp3) is 0.417. The van der Waals surface area contributed by atoms with Crippen LogP contribution in [0.4, 0.5) is 4.39 Å². The number of carbonyl (C=O) groups excluding carboxylic acids is 1. The molecule has 0 bridgehead atoms. The van der Waals surface area contributed by atoms with Crippen LogP contribution >= 0.6 is 0 Å². The van der Waals surface area contributed by atoms with E-state index in [0.29, 0.717) is 12.0 Å². The highest BCUT2D eigenvalue weighted by molar-refractivity contribution is 5.84. The van der Waals surface area contributed by atoms with Crippen LogP contribution < -0.4 is 0 Å². The summed E-state index contributed by atoms with van der Waals surface area (Å²) in [7, 11) is 1.49. The molecule has 0 aliphatic heterocycles. The Morgan fingerprint density at radius 2 is 2.00 bits per heavy atom. The minimum atomic E-state index is -0.564. The summed E-state index contributed by atoms with van der Waals surface area (Å²) < 4.78 is 17.8. The molecule has 0 aliphatic rings. The summed E-state index contributed by atoms with van der Waals surface area (Å²) in [4.78, 5) is 11.6. The molecule has 1 aromatic carbocycles. The molecule has 82 valence electrons. The molecule has 1 rings (SSSR count). The molecule has 15 heavy (non-hydrogen) atoms. The largest absolute Gasteiger partial charge is 0.369 e. The third-order valence-electron chi connectivity index (χ3n) is 2.20. The maximum atomic E-state index is 12.7. The second kappa shape index (κ2) is 5.61. The lowest BCUT2D eigenvalue weighted by atomic mass is 10.0. The van der Waals surface area contributed by atoms with Crippen molar-refractivity contribution in [1.82, 2.24) is 0 Å². The van der Waals surface area contributed by atoms with Gasteiger partial charge in [0.1, 0.15) is 11.9 Å². The number of methoxy groups -OCH3 is 1. The zero-order valence-electron chi connectivity index (χ0n) is 9.00. The van der Waals surface area contributed by atoms with Gasteiger partial charge in [-0.1, -0.05) is 19.1 Å². The summed E-state index contributed by atoms with van der Waals surface area (Å²) in [6.45, 7) is 1.94. The van der Waals surface area contributed by atoms with E-state index in [1.54, 1.807) is 12.1 Å². The normalized spacial score (nSPS) is 12.5. The maximum absolute atomic E-state index is 12.7. The van der Waals surface area contributed by atoms with Crippen molar-refractivity contribution in [2.45, 2.75) is 25.9 Å². The summed E-state index contributed by atoms with van der Waals surface area (Å²) in [5.41, 5.74) is 0.706. The summed E-state index contributed by atoms with van der Waals surface area (Å²) in [5.74, 6) is -0.275. The molecule has 0 heterocycles. The molecule has 0 spiro atoms. The SMILES string of the molecule is CCCC(=O)C(OC)c1ccc(F)cc1. The minimum absolute atomic E-state index is 0.0339. The van der Waals surface area contributed by atoms with Crippen molar-refractivity contribution in [1.29, 1.82) is 0 Å². The zero-order valence-corrected chi connectivity index (χ0v) is 9.00. The first-order valence-corrected chi connectivity index (χ1v) is 5.00. The molecular weight excluding hydrogens is 195 g/mol. The lowest BCUT2D eigenvalue weighted by molar-refractivity contribution is -0.129. The van der Waals surface area contributed by atoms with Gasteiger partial charge in [-0.2, -0.15) is 0 Å². The molecule has 0 aliphatic carbocycles. The van der Waals surface area contributed by atoms with E-state index in [0.717, 1.165) is 6.42 Å². The van der Waals surface area contributed by atoms with Crippen LogP contribution in [0.3, 0.4) is 0 Å². The van der Waals surface area contributed by atoms with Crippen LogP contribution in [0, 0.1) is 5.82 Å². The first kappa shape index (κ1) is 11.9. The average molecular weight is 210 g/mol. The molecule has 0 N–H and O–H groups in total. The lowest BCUT2D eigenvalue weighted by Gasteiger charge is -2.13. The van der Waals surface area contributed by atoms with Crippen molar-refractivity contribution in [3.05, 3.63) is 35.6 Å². The van der Waals surface area contributed by atoms with Crippen molar-refractivity contribution in [2.24, 2.45) is 0 Å². The van der Waals surface area contributed by atoms with E-state index >= 15 is 0 Å². The number of ketones is 1. The monoisotopic (exact) mass is 210 g/mol. The number of benzene rings is 1.